The number of benzene rings is 1. The topological polar surface area (TPSA) is 49.6 Å². The molecule has 0 unspecified atom stereocenters. The molecule has 1 aromatic carbocycles. The minimum Gasteiger partial charge on any atom is -0.440 e. The van der Waals surface area contributed by atoms with Crippen molar-refractivity contribution in [1.29, 1.82) is 0 Å². The van der Waals surface area contributed by atoms with Crippen LogP contribution < -0.4 is 0 Å². The number of piperazine rings is 1. The van der Waals surface area contributed by atoms with Crippen LogP contribution in [0.25, 0.3) is 10.8 Å². The Labute approximate surface area is 175 Å². The Balaban J connectivity index is 1.40. The van der Waals surface area contributed by atoms with Gasteiger partial charge in [-0.1, -0.05) is 18.2 Å². The smallest absolute Gasteiger partial charge is 0.417 e. The van der Waals surface area contributed by atoms with E-state index in [1.807, 2.05) is 24.4 Å². The van der Waals surface area contributed by atoms with E-state index in [4.69, 9.17) is 4.42 Å². The van der Waals surface area contributed by atoms with Crippen LogP contribution in [0.2, 0.25) is 0 Å². The average Bonchev–Trinajstić information content (AvgIpc) is 3.38. The molecule has 9 heteroatoms. The molecule has 30 heavy (non-hydrogen) atoms. The molecule has 3 heterocycles. The highest BCUT2D eigenvalue weighted by atomic mass is 32.1. The average molecular weight is 435 g/mol. The molecule has 0 saturated carbocycles. The number of amides is 1. The minimum atomic E-state index is -4.56. The standard InChI is InChI=1S/C21H20F3N3O2S/c1-14-17(25-19(29-14)18-7-4-12-30-18)13-26-8-10-27(11-9-26)20(28)15-5-2-3-6-16(15)21(22,23)24/h2-7,12H,8-11,13H2,1H3. The van der Waals surface area contributed by atoms with E-state index in [1.54, 1.807) is 11.3 Å². The summed E-state index contributed by atoms with van der Waals surface area (Å²) in [7, 11) is 0. The third kappa shape index (κ3) is 4.27. The van der Waals surface area contributed by atoms with Crippen LogP contribution in [0.1, 0.15) is 27.4 Å². The van der Waals surface area contributed by atoms with Crippen molar-refractivity contribution in [1.82, 2.24) is 14.8 Å². The monoisotopic (exact) mass is 435 g/mol. The number of nitrogens with zero attached hydrogens (tertiary/aromatic N) is 3. The predicted molar refractivity (Wildman–Crippen MR) is 107 cm³/mol. The van der Waals surface area contributed by atoms with Gasteiger partial charge in [0.05, 0.1) is 21.7 Å². The van der Waals surface area contributed by atoms with Gasteiger partial charge in [-0.15, -0.1) is 11.3 Å². The van der Waals surface area contributed by atoms with Gasteiger partial charge in [0.25, 0.3) is 5.91 Å². The van der Waals surface area contributed by atoms with E-state index in [2.05, 4.69) is 9.88 Å². The normalized spacial score (nSPS) is 15.5. The maximum absolute atomic E-state index is 13.2. The van der Waals surface area contributed by atoms with Crippen molar-refractivity contribution in [3.63, 3.8) is 0 Å². The second-order valence-corrected chi connectivity index (χ2v) is 8.06. The summed E-state index contributed by atoms with van der Waals surface area (Å²) in [6.07, 6.45) is -4.56. The van der Waals surface area contributed by atoms with Gasteiger partial charge < -0.3 is 9.32 Å². The molecule has 5 nitrogen and oxygen atoms in total. The molecule has 1 aliphatic heterocycles. The van der Waals surface area contributed by atoms with Crippen LogP contribution in [0.5, 0.6) is 0 Å². The first kappa shape index (κ1) is 20.6. The van der Waals surface area contributed by atoms with Gasteiger partial charge in [-0.3, -0.25) is 9.69 Å². The van der Waals surface area contributed by atoms with Crippen molar-refractivity contribution in [2.24, 2.45) is 0 Å². The Bertz CT molecular complexity index is 1020. The molecule has 2 aromatic heterocycles. The largest absolute Gasteiger partial charge is 0.440 e. The first-order valence-corrected chi connectivity index (χ1v) is 10.4. The van der Waals surface area contributed by atoms with Crippen molar-refractivity contribution in [3.8, 4) is 10.8 Å². The molecule has 158 valence electrons. The van der Waals surface area contributed by atoms with Crippen LogP contribution in [0, 0.1) is 6.92 Å². The molecule has 0 aliphatic carbocycles. The van der Waals surface area contributed by atoms with Crippen LogP contribution in [-0.2, 0) is 12.7 Å². The Hall–Kier alpha value is -2.65. The van der Waals surface area contributed by atoms with E-state index in [0.717, 1.165) is 22.4 Å². The lowest BCUT2D eigenvalue weighted by Crippen LogP contribution is -2.48. The molecule has 0 radical (unpaired) electrons. The SMILES string of the molecule is Cc1oc(-c2cccs2)nc1CN1CCN(C(=O)c2ccccc2C(F)(F)F)CC1. The number of alkyl halides is 3. The number of carbonyl (C=O) groups excluding carboxylic acids is 1. The van der Waals surface area contributed by atoms with Crippen molar-refractivity contribution in [3.05, 3.63) is 64.4 Å². The van der Waals surface area contributed by atoms with E-state index < -0.39 is 17.6 Å². The van der Waals surface area contributed by atoms with Crippen molar-refractivity contribution in [2.45, 2.75) is 19.6 Å². The molecule has 1 aliphatic rings. The summed E-state index contributed by atoms with van der Waals surface area (Å²) < 4.78 is 45.4. The first-order valence-electron chi connectivity index (χ1n) is 9.51. The van der Waals surface area contributed by atoms with Gasteiger partial charge in [0.2, 0.25) is 5.89 Å². The van der Waals surface area contributed by atoms with E-state index >= 15 is 0 Å². The molecule has 0 spiro atoms. The van der Waals surface area contributed by atoms with Gasteiger partial charge >= 0.3 is 6.18 Å². The molecule has 1 fully saturated rings. The van der Waals surface area contributed by atoms with Crippen molar-refractivity contribution >= 4 is 17.2 Å². The maximum Gasteiger partial charge on any atom is 0.417 e. The predicted octanol–water partition coefficient (Wildman–Crippen LogP) is 4.69. The number of rotatable bonds is 4. The number of aromatic nitrogens is 1. The molecular formula is C21H20F3N3O2S. The van der Waals surface area contributed by atoms with Crippen LogP contribution in [0.4, 0.5) is 13.2 Å². The number of hydrogen-bond acceptors (Lipinski definition) is 5. The summed E-state index contributed by atoms with van der Waals surface area (Å²) in [5, 5.41) is 1.96. The van der Waals surface area contributed by atoms with Gasteiger partial charge in [0.15, 0.2) is 0 Å². The Morgan fingerprint density at radius 2 is 1.87 bits per heavy atom. The van der Waals surface area contributed by atoms with Crippen LogP contribution in [-0.4, -0.2) is 46.9 Å². The summed E-state index contributed by atoms with van der Waals surface area (Å²) in [5.74, 6) is 0.756. The molecule has 1 amide bonds. The van der Waals surface area contributed by atoms with E-state index in [-0.39, 0.29) is 5.56 Å². The molecule has 3 aromatic rings. The number of aryl methyl sites for hydroxylation is 1. The van der Waals surface area contributed by atoms with Crippen molar-refractivity contribution < 1.29 is 22.4 Å². The fourth-order valence-electron chi connectivity index (χ4n) is 3.49. The highest BCUT2D eigenvalue weighted by Gasteiger charge is 2.36. The van der Waals surface area contributed by atoms with Crippen LogP contribution in [0.15, 0.2) is 46.2 Å². The highest BCUT2D eigenvalue weighted by Crippen LogP contribution is 2.32. The lowest BCUT2D eigenvalue weighted by Gasteiger charge is -2.34. The van der Waals surface area contributed by atoms with E-state index in [1.165, 1.54) is 23.1 Å². The lowest BCUT2D eigenvalue weighted by molar-refractivity contribution is -0.138. The van der Waals surface area contributed by atoms with Gasteiger partial charge in [0, 0.05) is 32.7 Å². The molecule has 4 rings (SSSR count). The second-order valence-electron chi connectivity index (χ2n) is 7.11. The highest BCUT2D eigenvalue weighted by molar-refractivity contribution is 7.13. The number of oxazole rings is 1. The van der Waals surface area contributed by atoms with Gasteiger partial charge in [-0.05, 0) is 30.5 Å². The fraction of sp³-hybridized carbons (Fsp3) is 0.333. The fourth-order valence-corrected chi connectivity index (χ4v) is 4.14. The summed E-state index contributed by atoms with van der Waals surface area (Å²) in [6, 6.07) is 8.82. The first-order chi connectivity index (χ1) is 14.3. The summed E-state index contributed by atoms with van der Waals surface area (Å²) in [4.78, 5) is 21.9. The number of carbonyl (C=O) groups is 1. The minimum absolute atomic E-state index is 0.300. The molecule has 0 N–H and O–H groups in total. The third-order valence-corrected chi connectivity index (χ3v) is 5.98. The molecular weight excluding hydrogens is 415 g/mol. The molecule has 0 atom stereocenters. The summed E-state index contributed by atoms with van der Waals surface area (Å²) in [5.41, 5.74) is -0.358. The third-order valence-electron chi connectivity index (χ3n) is 5.12. The van der Waals surface area contributed by atoms with E-state index in [9.17, 15) is 18.0 Å². The number of halogens is 3. The zero-order valence-corrected chi connectivity index (χ0v) is 17.1. The van der Waals surface area contributed by atoms with Gasteiger partial charge in [-0.25, -0.2) is 4.98 Å². The Morgan fingerprint density at radius 1 is 1.13 bits per heavy atom. The number of thiophene rings is 1. The Morgan fingerprint density at radius 3 is 2.53 bits per heavy atom. The van der Waals surface area contributed by atoms with Gasteiger partial charge in [-0.2, -0.15) is 13.2 Å². The maximum atomic E-state index is 13.2. The van der Waals surface area contributed by atoms with Gasteiger partial charge in [0.1, 0.15) is 5.76 Å². The molecule has 0 bridgehead atoms. The zero-order chi connectivity index (χ0) is 21.3. The quantitative estimate of drug-likeness (QED) is 0.597. The molecule has 1 saturated heterocycles. The van der Waals surface area contributed by atoms with Crippen LogP contribution in [0.3, 0.4) is 0 Å². The Kier molecular flexibility index (Phi) is 5.66. The van der Waals surface area contributed by atoms with Crippen molar-refractivity contribution in [2.75, 3.05) is 26.2 Å². The lowest BCUT2D eigenvalue weighted by atomic mass is 10.1. The number of hydrogen-bond donors (Lipinski definition) is 0. The zero-order valence-electron chi connectivity index (χ0n) is 16.3. The summed E-state index contributed by atoms with van der Waals surface area (Å²) >= 11 is 1.55. The second kappa shape index (κ2) is 8.23. The van der Waals surface area contributed by atoms with E-state index in [0.29, 0.717) is 38.6 Å². The summed E-state index contributed by atoms with van der Waals surface area (Å²) in [6.45, 7) is 4.27. The van der Waals surface area contributed by atoms with Crippen LogP contribution >= 0.6 is 11.3 Å².